The highest BCUT2D eigenvalue weighted by molar-refractivity contribution is 6.30. The molecule has 1 heterocycles. The van der Waals surface area contributed by atoms with Crippen molar-refractivity contribution in [2.24, 2.45) is 0 Å². The van der Waals surface area contributed by atoms with E-state index in [0.29, 0.717) is 0 Å². The van der Waals surface area contributed by atoms with E-state index in [1.165, 1.54) is 24.3 Å². The van der Waals surface area contributed by atoms with Crippen LogP contribution in [0.3, 0.4) is 0 Å². The van der Waals surface area contributed by atoms with Gasteiger partial charge in [-0.1, -0.05) is 24.3 Å². The molecule has 10 nitrogen and oxygen atoms in total. The Hall–Kier alpha value is -3.52. The molecule has 0 unspecified atom stereocenters. The molecule has 0 spiro atoms. The van der Waals surface area contributed by atoms with Gasteiger partial charge in [0.05, 0.1) is 35.5 Å². The molecule has 1 amide bonds. The summed E-state index contributed by atoms with van der Waals surface area (Å²) < 4.78 is 50.1. The third-order valence-corrected chi connectivity index (χ3v) is 7.53. The summed E-state index contributed by atoms with van der Waals surface area (Å²) in [5, 5.41) is 45.4. The first-order chi connectivity index (χ1) is 18.7. The fraction of sp³-hybridized carbons (Fsp3) is 0.444. The summed E-state index contributed by atoms with van der Waals surface area (Å²) in [5.41, 5.74) is -2.99. The van der Waals surface area contributed by atoms with Crippen LogP contribution < -0.4 is 5.32 Å². The Morgan fingerprint density at radius 3 is 2.27 bits per heavy atom. The number of carbonyl (C=O) groups excluding carboxylic acids is 3. The van der Waals surface area contributed by atoms with Gasteiger partial charge in [-0.2, -0.15) is 13.2 Å². The van der Waals surface area contributed by atoms with Crippen LogP contribution in [0.2, 0.25) is 0 Å². The second-order valence-electron chi connectivity index (χ2n) is 10.4. The van der Waals surface area contributed by atoms with Crippen LogP contribution in [0, 0.1) is 0 Å². The van der Waals surface area contributed by atoms with Gasteiger partial charge in [0.25, 0.3) is 0 Å². The van der Waals surface area contributed by atoms with Crippen LogP contribution in [0.25, 0.3) is 0 Å². The molecule has 0 aromatic heterocycles. The van der Waals surface area contributed by atoms with E-state index in [4.69, 9.17) is 9.47 Å². The second-order valence-corrected chi connectivity index (χ2v) is 10.4. The number of phenolic OH excluding ortho intramolecular Hbond substituents is 2. The Labute approximate surface area is 225 Å². The molecule has 5 rings (SSSR count). The number of ketones is 2. The number of fused-ring (bicyclic) bond motifs is 3. The number of rotatable bonds is 4. The van der Waals surface area contributed by atoms with E-state index in [2.05, 4.69) is 0 Å². The topological polar surface area (TPSA) is 163 Å². The van der Waals surface area contributed by atoms with Crippen molar-refractivity contribution < 1.29 is 57.5 Å². The van der Waals surface area contributed by atoms with Gasteiger partial charge >= 0.3 is 12.1 Å². The van der Waals surface area contributed by atoms with Gasteiger partial charge in [-0.3, -0.25) is 14.4 Å². The average molecular weight is 565 g/mol. The smallest absolute Gasteiger partial charge is 0.471 e. The van der Waals surface area contributed by atoms with E-state index in [1.54, 1.807) is 6.92 Å². The lowest BCUT2D eigenvalue weighted by molar-refractivity contribution is -0.230. The minimum atomic E-state index is -5.09. The molecule has 1 aliphatic heterocycles. The number of carbonyl (C=O) groups is 3. The van der Waals surface area contributed by atoms with Crippen molar-refractivity contribution >= 4 is 17.5 Å². The van der Waals surface area contributed by atoms with Crippen molar-refractivity contribution in [3.8, 4) is 11.5 Å². The Morgan fingerprint density at radius 2 is 1.70 bits per heavy atom. The predicted molar refractivity (Wildman–Crippen MR) is 129 cm³/mol. The minimum Gasteiger partial charge on any atom is -0.507 e. The fourth-order valence-corrected chi connectivity index (χ4v) is 5.75. The number of phenols is 2. The number of halogens is 3. The number of alkyl halides is 3. The third-order valence-electron chi connectivity index (χ3n) is 7.53. The maximum absolute atomic E-state index is 13.4. The molecule has 3 aliphatic rings. The van der Waals surface area contributed by atoms with Crippen molar-refractivity contribution in [1.82, 2.24) is 5.32 Å². The molecule has 13 heteroatoms. The first kappa shape index (κ1) is 28.0. The third kappa shape index (κ3) is 4.72. The van der Waals surface area contributed by atoms with Gasteiger partial charge in [0.1, 0.15) is 11.5 Å². The number of nitrogens with one attached hydrogen (secondary N) is 1. The van der Waals surface area contributed by atoms with E-state index < -0.39 is 89.4 Å². The van der Waals surface area contributed by atoms with Crippen molar-refractivity contribution in [3.05, 3.63) is 57.6 Å². The van der Waals surface area contributed by atoms with Gasteiger partial charge < -0.3 is 35.2 Å². The van der Waals surface area contributed by atoms with E-state index in [1.807, 2.05) is 5.32 Å². The molecule has 2 aromatic carbocycles. The summed E-state index contributed by atoms with van der Waals surface area (Å²) >= 11 is 0. The SMILES string of the molecule is C[C@H]1C[C@@H](NC(=O)C(F)(F)F)C[C@H](O[C@H]2C[C@](O)(CO)Cc3c(O)c4c(c(O)c32)C(=O)c2ccccc2C4=O)O1. The first-order valence-corrected chi connectivity index (χ1v) is 12.5. The van der Waals surface area contributed by atoms with Crippen LogP contribution in [0.5, 0.6) is 11.5 Å². The van der Waals surface area contributed by atoms with Crippen LogP contribution in [0.4, 0.5) is 13.2 Å². The highest BCUT2D eigenvalue weighted by Gasteiger charge is 2.47. The summed E-state index contributed by atoms with van der Waals surface area (Å²) in [4.78, 5) is 38.1. The average Bonchev–Trinajstić information content (AvgIpc) is 2.88. The zero-order valence-corrected chi connectivity index (χ0v) is 21.1. The normalized spacial score (nSPS) is 27.9. The Bertz CT molecular complexity index is 1410. The van der Waals surface area contributed by atoms with Gasteiger partial charge in [-0.25, -0.2) is 0 Å². The lowest BCUT2D eigenvalue weighted by atomic mass is 9.73. The Kier molecular flexibility index (Phi) is 6.89. The van der Waals surface area contributed by atoms with E-state index in [-0.39, 0.29) is 41.5 Å². The van der Waals surface area contributed by atoms with Crippen LogP contribution in [-0.2, 0) is 20.7 Å². The van der Waals surface area contributed by atoms with Gasteiger partial charge in [0.15, 0.2) is 17.9 Å². The number of aromatic hydroxyl groups is 2. The molecule has 40 heavy (non-hydrogen) atoms. The number of hydrogen-bond donors (Lipinski definition) is 5. The van der Waals surface area contributed by atoms with E-state index >= 15 is 0 Å². The summed E-state index contributed by atoms with van der Waals surface area (Å²) in [6.07, 6.45) is -9.24. The van der Waals surface area contributed by atoms with Crippen molar-refractivity contribution in [2.45, 2.75) is 68.9 Å². The number of benzene rings is 2. The molecule has 1 saturated heterocycles. The van der Waals surface area contributed by atoms with Crippen LogP contribution in [0.1, 0.15) is 75.3 Å². The number of hydrogen-bond acceptors (Lipinski definition) is 9. The number of amides is 1. The van der Waals surface area contributed by atoms with Crippen LogP contribution in [0.15, 0.2) is 24.3 Å². The highest BCUT2D eigenvalue weighted by Crippen LogP contribution is 2.51. The quantitative estimate of drug-likeness (QED) is 0.299. The largest absolute Gasteiger partial charge is 0.507 e. The summed E-state index contributed by atoms with van der Waals surface area (Å²) in [5.74, 6) is -4.89. The van der Waals surface area contributed by atoms with Gasteiger partial charge in [0, 0.05) is 47.6 Å². The fourth-order valence-electron chi connectivity index (χ4n) is 5.75. The van der Waals surface area contributed by atoms with Crippen molar-refractivity contribution in [1.29, 1.82) is 0 Å². The number of aliphatic hydroxyl groups is 2. The monoisotopic (exact) mass is 565 g/mol. The van der Waals surface area contributed by atoms with Gasteiger partial charge in [-0.05, 0) is 13.3 Å². The lowest BCUT2D eigenvalue weighted by Gasteiger charge is -2.41. The first-order valence-electron chi connectivity index (χ1n) is 12.5. The second kappa shape index (κ2) is 9.84. The molecule has 0 bridgehead atoms. The molecule has 0 saturated carbocycles. The van der Waals surface area contributed by atoms with E-state index in [0.717, 1.165) is 0 Å². The van der Waals surface area contributed by atoms with Crippen molar-refractivity contribution in [3.63, 3.8) is 0 Å². The maximum Gasteiger partial charge on any atom is 0.471 e. The molecule has 2 aliphatic carbocycles. The summed E-state index contributed by atoms with van der Waals surface area (Å²) in [7, 11) is 0. The van der Waals surface area contributed by atoms with Gasteiger partial charge in [0.2, 0.25) is 0 Å². The lowest BCUT2D eigenvalue weighted by Crippen LogP contribution is -2.50. The molecular weight excluding hydrogens is 539 g/mol. The number of aliphatic hydroxyl groups excluding tert-OH is 1. The zero-order chi connectivity index (χ0) is 29.1. The predicted octanol–water partition coefficient (Wildman–Crippen LogP) is 2.17. The zero-order valence-electron chi connectivity index (χ0n) is 21.1. The maximum atomic E-state index is 13.4. The molecular formula is C27H26F3NO9. The van der Waals surface area contributed by atoms with Crippen molar-refractivity contribution in [2.75, 3.05) is 6.61 Å². The highest BCUT2D eigenvalue weighted by atomic mass is 19.4. The van der Waals surface area contributed by atoms with Gasteiger partial charge in [-0.15, -0.1) is 0 Å². The minimum absolute atomic E-state index is 0.0162. The Morgan fingerprint density at radius 1 is 1.10 bits per heavy atom. The van der Waals surface area contributed by atoms with Crippen LogP contribution in [-0.4, -0.2) is 74.7 Å². The molecule has 5 N–H and O–H groups in total. The number of ether oxygens (including phenoxy) is 2. The van der Waals surface area contributed by atoms with Crippen LogP contribution >= 0.6 is 0 Å². The molecule has 5 atom stereocenters. The summed E-state index contributed by atoms with van der Waals surface area (Å²) in [6.45, 7) is 0.758. The standard InChI is InChI=1S/C27H26F3NO9/c1-11-6-12(31-25(37)27(28,29)30)7-17(39-11)40-16-9-26(38,10-32)8-15-18(16)24(36)20-19(23(15)35)21(33)13-4-2-3-5-14(13)22(20)34/h2-5,11-12,16-17,32,35-36,38H,6-10H2,1H3,(H,31,37)/t11-,12+,16-,17-,26-/m0/s1. The molecule has 2 aromatic rings. The molecule has 0 radical (unpaired) electrons. The molecule has 1 fully saturated rings. The summed E-state index contributed by atoms with van der Waals surface area (Å²) in [6, 6.07) is 4.89. The Balaban J connectivity index is 1.54. The molecule has 214 valence electrons. The van der Waals surface area contributed by atoms with E-state index in [9.17, 15) is 48.0 Å².